The average molecular weight is 338 g/mol. The van der Waals surface area contributed by atoms with Crippen LogP contribution >= 0.6 is 23.2 Å². The first-order chi connectivity index (χ1) is 10.5. The second-order valence-electron chi connectivity index (χ2n) is 8.13. The van der Waals surface area contributed by atoms with Crippen LogP contribution in [0.3, 0.4) is 0 Å². The van der Waals surface area contributed by atoms with E-state index >= 15 is 0 Å². The molecular weight excluding hydrogens is 313 g/mol. The highest BCUT2D eigenvalue weighted by atomic mass is 35.5. The van der Waals surface area contributed by atoms with E-state index in [9.17, 15) is 0 Å². The molecule has 4 fully saturated rings. The van der Waals surface area contributed by atoms with Gasteiger partial charge in [0.25, 0.3) is 0 Å². The maximum absolute atomic E-state index is 6.13. The largest absolute Gasteiger partial charge is 0.310 e. The molecule has 0 amide bonds. The van der Waals surface area contributed by atoms with Crippen LogP contribution in [-0.4, -0.2) is 6.04 Å². The molecule has 0 saturated heterocycles. The number of benzene rings is 1. The van der Waals surface area contributed by atoms with Gasteiger partial charge in [-0.15, -0.1) is 0 Å². The van der Waals surface area contributed by atoms with Gasteiger partial charge in [-0.2, -0.15) is 0 Å². The van der Waals surface area contributed by atoms with E-state index in [2.05, 4.69) is 18.3 Å². The van der Waals surface area contributed by atoms with Gasteiger partial charge in [-0.05, 0) is 86.3 Å². The van der Waals surface area contributed by atoms with Crippen molar-refractivity contribution in [2.45, 2.75) is 58.0 Å². The zero-order valence-electron chi connectivity index (χ0n) is 13.2. The van der Waals surface area contributed by atoms with Crippen molar-refractivity contribution in [3.63, 3.8) is 0 Å². The van der Waals surface area contributed by atoms with E-state index in [0.29, 0.717) is 21.5 Å². The first kappa shape index (κ1) is 15.3. The van der Waals surface area contributed by atoms with Gasteiger partial charge in [-0.3, -0.25) is 0 Å². The highest BCUT2D eigenvalue weighted by Gasteiger charge is 2.52. The Morgan fingerprint density at radius 3 is 2.18 bits per heavy atom. The second kappa shape index (κ2) is 5.69. The second-order valence-corrected chi connectivity index (χ2v) is 8.95. The number of rotatable bonds is 4. The summed E-state index contributed by atoms with van der Waals surface area (Å²) in [6.07, 6.45) is 8.90. The van der Waals surface area contributed by atoms with Crippen LogP contribution in [-0.2, 0) is 6.54 Å². The van der Waals surface area contributed by atoms with E-state index in [4.69, 9.17) is 23.2 Å². The van der Waals surface area contributed by atoms with E-state index in [-0.39, 0.29) is 0 Å². The molecule has 4 aliphatic rings. The van der Waals surface area contributed by atoms with Crippen molar-refractivity contribution < 1.29 is 0 Å². The van der Waals surface area contributed by atoms with E-state index in [0.717, 1.165) is 24.3 Å². The average Bonchev–Trinajstić information content (AvgIpc) is 2.46. The van der Waals surface area contributed by atoms with Crippen molar-refractivity contribution in [1.29, 1.82) is 0 Å². The zero-order chi connectivity index (χ0) is 15.3. The molecule has 0 aliphatic heterocycles. The molecule has 1 N–H and O–H groups in total. The SMILES string of the molecule is C[C@H](NCc1ccc(Cl)c(Cl)c1)C12CC3CC(CC(C3)C1)C2. The number of hydrogen-bond donors (Lipinski definition) is 1. The maximum atomic E-state index is 6.13. The number of hydrogen-bond acceptors (Lipinski definition) is 1. The van der Waals surface area contributed by atoms with Crippen molar-refractivity contribution in [1.82, 2.24) is 5.32 Å². The molecule has 1 nitrogen and oxygen atoms in total. The van der Waals surface area contributed by atoms with Crippen LogP contribution in [0.4, 0.5) is 0 Å². The summed E-state index contributed by atoms with van der Waals surface area (Å²) in [7, 11) is 0. The summed E-state index contributed by atoms with van der Waals surface area (Å²) < 4.78 is 0. The molecule has 1 aromatic carbocycles. The van der Waals surface area contributed by atoms with Crippen molar-refractivity contribution in [3.05, 3.63) is 33.8 Å². The molecule has 4 aliphatic carbocycles. The summed E-state index contributed by atoms with van der Waals surface area (Å²) in [5.41, 5.74) is 1.79. The normalized spacial score (nSPS) is 37.5. The Labute approximate surface area is 143 Å². The molecule has 1 aromatic rings. The smallest absolute Gasteiger partial charge is 0.0595 e. The first-order valence-electron chi connectivity index (χ1n) is 8.71. The van der Waals surface area contributed by atoms with Gasteiger partial charge in [-0.25, -0.2) is 0 Å². The highest BCUT2D eigenvalue weighted by Crippen LogP contribution is 2.61. The fraction of sp³-hybridized carbons (Fsp3) is 0.684. The van der Waals surface area contributed by atoms with Crippen LogP contribution in [0.1, 0.15) is 51.0 Å². The standard InChI is InChI=1S/C19H25Cl2N/c1-12(22-11-13-2-3-17(20)18(21)7-13)19-8-14-4-15(9-19)6-16(5-14)10-19/h2-3,7,12,14-16,22H,4-6,8-11H2,1H3/t12-,14?,15?,16?,19?/m0/s1. The Bertz CT molecular complexity index is 533. The predicted molar refractivity (Wildman–Crippen MR) is 93.4 cm³/mol. The van der Waals surface area contributed by atoms with Crippen molar-refractivity contribution in [2.75, 3.05) is 0 Å². The van der Waals surface area contributed by atoms with E-state index in [1.165, 1.54) is 44.1 Å². The van der Waals surface area contributed by atoms with Gasteiger partial charge in [0.2, 0.25) is 0 Å². The lowest BCUT2D eigenvalue weighted by Gasteiger charge is -2.59. The molecule has 1 atom stereocenters. The third-order valence-electron chi connectivity index (χ3n) is 6.60. The molecule has 5 rings (SSSR count). The molecule has 0 aromatic heterocycles. The summed E-state index contributed by atoms with van der Waals surface area (Å²) in [5.74, 6) is 3.04. The molecule has 0 spiro atoms. The summed E-state index contributed by atoms with van der Waals surface area (Å²) in [6, 6.07) is 6.56. The summed E-state index contributed by atoms with van der Waals surface area (Å²) in [5, 5.41) is 5.10. The van der Waals surface area contributed by atoms with Crippen LogP contribution in [0.25, 0.3) is 0 Å². The third-order valence-corrected chi connectivity index (χ3v) is 7.34. The van der Waals surface area contributed by atoms with Gasteiger partial charge < -0.3 is 5.32 Å². The Kier molecular flexibility index (Phi) is 3.95. The highest BCUT2D eigenvalue weighted by molar-refractivity contribution is 6.42. The molecule has 4 saturated carbocycles. The topological polar surface area (TPSA) is 12.0 Å². The van der Waals surface area contributed by atoms with Gasteiger partial charge in [0.15, 0.2) is 0 Å². The predicted octanol–water partition coefficient (Wildman–Crippen LogP) is 5.69. The fourth-order valence-corrected chi connectivity index (χ4v) is 6.17. The third kappa shape index (κ3) is 2.70. The van der Waals surface area contributed by atoms with Crippen molar-refractivity contribution in [2.24, 2.45) is 23.2 Å². The molecule has 3 heteroatoms. The molecule has 120 valence electrons. The van der Waals surface area contributed by atoms with Crippen LogP contribution in [0, 0.1) is 23.2 Å². The first-order valence-corrected chi connectivity index (χ1v) is 9.47. The van der Waals surface area contributed by atoms with Crippen molar-refractivity contribution in [3.8, 4) is 0 Å². The minimum Gasteiger partial charge on any atom is -0.310 e. The van der Waals surface area contributed by atoms with Gasteiger partial charge in [0.1, 0.15) is 0 Å². The van der Waals surface area contributed by atoms with Crippen molar-refractivity contribution >= 4 is 23.2 Å². The quantitative estimate of drug-likeness (QED) is 0.744. The van der Waals surface area contributed by atoms with Gasteiger partial charge in [0.05, 0.1) is 10.0 Å². The fourth-order valence-electron chi connectivity index (χ4n) is 5.85. The Balaban J connectivity index is 1.43. The van der Waals surface area contributed by atoms with E-state index in [1.807, 2.05) is 12.1 Å². The van der Waals surface area contributed by atoms with Gasteiger partial charge in [0, 0.05) is 12.6 Å². The lowest BCUT2D eigenvalue weighted by Crippen LogP contribution is -2.54. The Hall–Kier alpha value is -0.240. The molecule has 22 heavy (non-hydrogen) atoms. The Morgan fingerprint density at radius 1 is 1.05 bits per heavy atom. The van der Waals surface area contributed by atoms with Crippen LogP contribution in [0.15, 0.2) is 18.2 Å². The maximum Gasteiger partial charge on any atom is 0.0595 e. The van der Waals surface area contributed by atoms with Crippen LogP contribution in [0.5, 0.6) is 0 Å². The summed E-state index contributed by atoms with van der Waals surface area (Å²) in [4.78, 5) is 0. The number of halogens is 2. The lowest BCUT2D eigenvalue weighted by atomic mass is 9.48. The van der Waals surface area contributed by atoms with E-state index < -0.39 is 0 Å². The molecular formula is C19H25Cl2N. The number of nitrogens with one attached hydrogen (secondary N) is 1. The molecule has 4 bridgehead atoms. The van der Waals surface area contributed by atoms with Gasteiger partial charge >= 0.3 is 0 Å². The minimum absolute atomic E-state index is 0.560. The molecule has 0 heterocycles. The molecule has 0 unspecified atom stereocenters. The molecule has 0 radical (unpaired) electrons. The zero-order valence-corrected chi connectivity index (χ0v) is 14.8. The minimum atomic E-state index is 0.560. The van der Waals surface area contributed by atoms with Crippen LogP contribution in [0.2, 0.25) is 10.0 Å². The lowest BCUT2D eigenvalue weighted by molar-refractivity contribution is -0.0706. The Morgan fingerprint density at radius 2 is 1.64 bits per heavy atom. The van der Waals surface area contributed by atoms with Gasteiger partial charge in [-0.1, -0.05) is 29.3 Å². The summed E-state index contributed by atoms with van der Waals surface area (Å²) >= 11 is 12.1. The van der Waals surface area contributed by atoms with Crippen LogP contribution < -0.4 is 5.32 Å². The summed E-state index contributed by atoms with van der Waals surface area (Å²) in [6.45, 7) is 3.30. The van der Waals surface area contributed by atoms with E-state index in [1.54, 1.807) is 0 Å². The monoisotopic (exact) mass is 337 g/mol.